The van der Waals surface area contributed by atoms with E-state index in [0.29, 0.717) is 6.04 Å². The first-order valence-electron chi connectivity index (χ1n) is 7.36. The second-order valence-corrected chi connectivity index (χ2v) is 6.37. The summed E-state index contributed by atoms with van der Waals surface area (Å²) >= 11 is 1.80. The van der Waals surface area contributed by atoms with Crippen LogP contribution in [0, 0.1) is 0 Å². The van der Waals surface area contributed by atoms with Crippen molar-refractivity contribution in [3.8, 4) is 0 Å². The normalized spacial score (nSPS) is 12.8. The number of nitrogens with one attached hydrogen (secondary N) is 1. The third kappa shape index (κ3) is 3.89. The molecule has 21 heavy (non-hydrogen) atoms. The van der Waals surface area contributed by atoms with Crippen LogP contribution in [0.25, 0.3) is 10.2 Å². The Morgan fingerprint density at radius 3 is 3.00 bits per heavy atom. The van der Waals surface area contributed by atoms with Gasteiger partial charge in [-0.25, -0.2) is 4.98 Å². The molecule has 0 aliphatic carbocycles. The first-order valence-corrected chi connectivity index (χ1v) is 8.18. The Bertz CT molecular complexity index is 641. The number of hydrogen-bond acceptors (Lipinski definition) is 4. The van der Waals surface area contributed by atoms with Gasteiger partial charge in [-0.15, -0.1) is 11.3 Å². The lowest BCUT2D eigenvalue weighted by molar-refractivity contribution is 0.494. The van der Waals surface area contributed by atoms with Crippen LogP contribution < -0.4 is 5.32 Å². The third-order valence-electron chi connectivity index (χ3n) is 3.43. The van der Waals surface area contributed by atoms with Crippen molar-refractivity contribution in [1.82, 2.24) is 20.1 Å². The molecule has 0 bridgehead atoms. The Morgan fingerprint density at radius 2 is 2.19 bits per heavy atom. The smallest absolute Gasteiger partial charge is 0.0954 e. The highest BCUT2D eigenvalue weighted by molar-refractivity contribution is 7.18. The SMILES string of the molecule is CC(Cc1nc2ccccc2s1)NCCCn1cccn1. The average Bonchev–Trinajstić information content (AvgIpc) is 3.12. The number of hydrogen-bond donors (Lipinski definition) is 1. The van der Waals surface area contributed by atoms with Gasteiger partial charge in [-0.05, 0) is 38.1 Å². The van der Waals surface area contributed by atoms with Crippen LogP contribution in [-0.2, 0) is 13.0 Å². The van der Waals surface area contributed by atoms with Crippen LogP contribution in [0.1, 0.15) is 18.4 Å². The Kier molecular flexibility index (Phi) is 4.62. The fourth-order valence-electron chi connectivity index (χ4n) is 2.36. The number of nitrogens with zero attached hydrogens (tertiary/aromatic N) is 3. The zero-order chi connectivity index (χ0) is 14.5. The molecule has 1 atom stereocenters. The zero-order valence-electron chi connectivity index (χ0n) is 12.2. The molecule has 2 aromatic heterocycles. The van der Waals surface area contributed by atoms with Gasteiger partial charge < -0.3 is 5.32 Å². The van der Waals surface area contributed by atoms with E-state index in [-0.39, 0.29) is 0 Å². The third-order valence-corrected chi connectivity index (χ3v) is 4.49. The minimum atomic E-state index is 0.447. The molecule has 0 spiro atoms. The highest BCUT2D eigenvalue weighted by Gasteiger charge is 2.07. The second-order valence-electron chi connectivity index (χ2n) is 5.26. The molecule has 0 radical (unpaired) electrons. The summed E-state index contributed by atoms with van der Waals surface area (Å²) in [5, 5.41) is 8.98. The van der Waals surface area contributed by atoms with Crippen LogP contribution in [0.3, 0.4) is 0 Å². The molecule has 0 saturated carbocycles. The number of aryl methyl sites for hydroxylation is 1. The van der Waals surface area contributed by atoms with E-state index in [4.69, 9.17) is 0 Å². The topological polar surface area (TPSA) is 42.7 Å². The van der Waals surface area contributed by atoms with Crippen LogP contribution in [0.5, 0.6) is 0 Å². The van der Waals surface area contributed by atoms with Gasteiger partial charge in [0, 0.05) is 31.4 Å². The lowest BCUT2D eigenvalue weighted by atomic mass is 10.2. The molecule has 110 valence electrons. The van der Waals surface area contributed by atoms with Crippen molar-refractivity contribution in [2.24, 2.45) is 0 Å². The molecule has 3 aromatic rings. The molecule has 0 aliphatic heterocycles. The van der Waals surface area contributed by atoms with Gasteiger partial charge in [0.25, 0.3) is 0 Å². The van der Waals surface area contributed by atoms with Crippen molar-refractivity contribution in [1.29, 1.82) is 0 Å². The van der Waals surface area contributed by atoms with Gasteiger partial charge in [0.05, 0.1) is 15.2 Å². The Balaban J connectivity index is 1.44. The highest BCUT2D eigenvalue weighted by Crippen LogP contribution is 2.22. The van der Waals surface area contributed by atoms with Crippen molar-refractivity contribution < 1.29 is 0 Å². The van der Waals surface area contributed by atoms with Gasteiger partial charge in [0.15, 0.2) is 0 Å². The molecule has 1 N–H and O–H groups in total. The monoisotopic (exact) mass is 300 g/mol. The van der Waals surface area contributed by atoms with E-state index in [1.165, 1.54) is 9.71 Å². The van der Waals surface area contributed by atoms with Crippen LogP contribution >= 0.6 is 11.3 Å². The van der Waals surface area contributed by atoms with Crippen molar-refractivity contribution in [3.63, 3.8) is 0 Å². The molecule has 0 fully saturated rings. The van der Waals surface area contributed by atoms with E-state index in [2.05, 4.69) is 40.5 Å². The molecular weight excluding hydrogens is 280 g/mol. The van der Waals surface area contributed by atoms with Gasteiger partial charge in [0.1, 0.15) is 0 Å². The van der Waals surface area contributed by atoms with E-state index in [0.717, 1.165) is 31.4 Å². The molecule has 3 rings (SSSR count). The minimum Gasteiger partial charge on any atom is -0.314 e. The standard InChI is InChI=1S/C16H20N4S/c1-13(17-8-4-10-20-11-5-9-18-20)12-16-19-14-6-2-3-7-15(14)21-16/h2-3,5-7,9,11,13,17H,4,8,10,12H2,1H3. The summed E-state index contributed by atoms with van der Waals surface area (Å²) in [7, 11) is 0. The molecule has 2 heterocycles. The molecule has 1 aromatic carbocycles. The maximum absolute atomic E-state index is 4.69. The molecule has 4 nitrogen and oxygen atoms in total. The van der Waals surface area contributed by atoms with Crippen molar-refractivity contribution in [3.05, 3.63) is 47.7 Å². The lowest BCUT2D eigenvalue weighted by Crippen LogP contribution is -2.29. The summed E-state index contributed by atoms with van der Waals surface area (Å²) in [6, 6.07) is 10.7. The van der Waals surface area contributed by atoms with Crippen molar-refractivity contribution in [2.45, 2.75) is 32.4 Å². The van der Waals surface area contributed by atoms with Crippen LogP contribution in [0.15, 0.2) is 42.7 Å². The summed E-state index contributed by atoms with van der Waals surface area (Å²) in [6.07, 6.45) is 5.90. The fourth-order valence-corrected chi connectivity index (χ4v) is 3.46. The van der Waals surface area contributed by atoms with E-state index < -0.39 is 0 Å². The summed E-state index contributed by atoms with van der Waals surface area (Å²) in [4.78, 5) is 4.69. The average molecular weight is 300 g/mol. The first-order chi connectivity index (χ1) is 10.3. The van der Waals surface area contributed by atoms with Gasteiger partial charge in [-0.3, -0.25) is 4.68 Å². The lowest BCUT2D eigenvalue weighted by Gasteiger charge is -2.12. The van der Waals surface area contributed by atoms with E-state index in [1.54, 1.807) is 11.3 Å². The number of aromatic nitrogens is 3. The Labute approximate surface area is 128 Å². The summed E-state index contributed by atoms with van der Waals surface area (Å²) in [5.41, 5.74) is 1.11. The van der Waals surface area contributed by atoms with Crippen molar-refractivity contribution >= 4 is 21.6 Å². The van der Waals surface area contributed by atoms with Crippen LogP contribution in [-0.4, -0.2) is 27.4 Å². The number of benzene rings is 1. The number of rotatable bonds is 7. The zero-order valence-corrected chi connectivity index (χ0v) is 13.0. The van der Waals surface area contributed by atoms with E-state index in [1.807, 2.05) is 29.2 Å². The molecule has 1 unspecified atom stereocenters. The summed E-state index contributed by atoms with van der Waals surface area (Å²) in [6.45, 7) is 4.19. The highest BCUT2D eigenvalue weighted by atomic mass is 32.1. The predicted octanol–water partition coefficient (Wildman–Crippen LogP) is 3.10. The molecular formula is C16H20N4S. The Hall–Kier alpha value is -1.72. The molecule has 0 aliphatic rings. The number of thiazole rings is 1. The molecule has 0 amide bonds. The van der Waals surface area contributed by atoms with Crippen LogP contribution in [0.2, 0.25) is 0 Å². The Morgan fingerprint density at radius 1 is 1.29 bits per heavy atom. The van der Waals surface area contributed by atoms with E-state index in [9.17, 15) is 0 Å². The minimum absolute atomic E-state index is 0.447. The molecule has 5 heteroatoms. The first kappa shape index (κ1) is 14.2. The summed E-state index contributed by atoms with van der Waals surface area (Å²) in [5.74, 6) is 0. The van der Waals surface area contributed by atoms with Crippen molar-refractivity contribution in [2.75, 3.05) is 6.54 Å². The predicted molar refractivity (Wildman–Crippen MR) is 87.6 cm³/mol. The van der Waals surface area contributed by atoms with Gasteiger partial charge >= 0.3 is 0 Å². The maximum atomic E-state index is 4.69. The number of para-hydroxylation sites is 1. The van der Waals surface area contributed by atoms with Gasteiger partial charge in [-0.1, -0.05) is 12.1 Å². The van der Waals surface area contributed by atoms with E-state index >= 15 is 0 Å². The second kappa shape index (κ2) is 6.83. The fraction of sp³-hybridized carbons (Fsp3) is 0.375. The van der Waals surface area contributed by atoms with Gasteiger partial charge in [-0.2, -0.15) is 5.10 Å². The maximum Gasteiger partial charge on any atom is 0.0954 e. The van der Waals surface area contributed by atoms with Gasteiger partial charge in [0.2, 0.25) is 0 Å². The number of fused-ring (bicyclic) bond motifs is 1. The quantitative estimate of drug-likeness (QED) is 0.682. The molecule has 0 saturated heterocycles. The summed E-state index contributed by atoms with van der Waals surface area (Å²) < 4.78 is 3.25. The van der Waals surface area contributed by atoms with Crippen LogP contribution in [0.4, 0.5) is 0 Å². The largest absolute Gasteiger partial charge is 0.314 e.